The Bertz CT molecular complexity index is 1390. The summed E-state index contributed by atoms with van der Waals surface area (Å²) in [4.78, 5) is 34.6. The summed E-state index contributed by atoms with van der Waals surface area (Å²) in [6.07, 6.45) is 5.84. The zero-order chi connectivity index (χ0) is 29.9. The molecule has 9 heteroatoms. The third kappa shape index (κ3) is 8.08. The number of halogens is 1. The SMILES string of the molecule is Cc1c(NC(=O)c2ccc(CCCCO)cn2)cccc1-c1cccc(CC(=O)c2ccc(CNCCO)cn2)c1Cl. The monoisotopic (exact) mass is 586 g/mol. The lowest BCUT2D eigenvalue weighted by atomic mass is 9.95. The third-order valence-electron chi connectivity index (χ3n) is 6.96. The first-order valence-corrected chi connectivity index (χ1v) is 14.3. The van der Waals surface area contributed by atoms with Gasteiger partial charge in [-0.3, -0.25) is 19.6 Å². The van der Waals surface area contributed by atoms with Crippen molar-refractivity contribution in [3.05, 3.63) is 112 Å². The topological polar surface area (TPSA) is 124 Å². The number of aliphatic hydroxyl groups excluding tert-OH is 2. The maximum absolute atomic E-state index is 13.0. The van der Waals surface area contributed by atoms with E-state index in [1.807, 2.05) is 55.5 Å². The van der Waals surface area contributed by atoms with Crippen molar-refractivity contribution < 1.29 is 19.8 Å². The molecule has 0 aliphatic rings. The van der Waals surface area contributed by atoms with Gasteiger partial charge in [-0.15, -0.1) is 0 Å². The van der Waals surface area contributed by atoms with Gasteiger partial charge in [0.05, 0.1) is 11.6 Å². The number of Topliss-reactive ketones (excluding diaryl/α,β-unsaturated/α-hetero) is 1. The number of amides is 1. The number of anilines is 1. The van der Waals surface area contributed by atoms with E-state index in [1.165, 1.54) is 0 Å². The first-order chi connectivity index (χ1) is 20.4. The van der Waals surface area contributed by atoms with Crippen molar-refractivity contribution in [3.63, 3.8) is 0 Å². The zero-order valence-corrected chi connectivity index (χ0v) is 24.3. The van der Waals surface area contributed by atoms with Gasteiger partial charge in [-0.1, -0.05) is 54.1 Å². The second-order valence-electron chi connectivity index (χ2n) is 10.00. The number of hydrogen-bond donors (Lipinski definition) is 4. The van der Waals surface area contributed by atoms with Crippen molar-refractivity contribution in [2.24, 2.45) is 0 Å². The molecule has 4 aromatic rings. The number of nitrogens with zero attached hydrogens (tertiary/aromatic N) is 2. The van der Waals surface area contributed by atoms with Crippen LogP contribution in [0.15, 0.2) is 73.1 Å². The molecule has 2 heterocycles. The second-order valence-corrected chi connectivity index (χ2v) is 10.4. The molecular weight excluding hydrogens is 552 g/mol. The average Bonchev–Trinajstić information content (AvgIpc) is 3.00. The first kappa shape index (κ1) is 31.0. The van der Waals surface area contributed by atoms with Gasteiger partial charge in [0.25, 0.3) is 5.91 Å². The summed E-state index contributed by atoms with van der Waals surface area (Å²) in [5.74, 6) is -0.459. The molecule has 42 heavy (non-hydrogen) atoms. The van der Waals surface area contributed by atoms with Crippen LogP contribution in [0.25, 0.3) is 11.1 Å². The number of pyridine rings is 2. The van der Waals surface area contributed by atoms with Crippen LogP contribution in [0.5, 0.6) is 0 Å². The Morgan fingerprint density at radius 1 is 0.833 bits per heavy atom. The summed E-state index contributed by atoms with van der Waals surface area (Å²) in [7, 11) is 0. The van der Waals surface area contributed by atoms with Gasteiger partial charge >= 0.3 is 0 Å². The number of aliphatic hydroxyl groups is 2. The summed E-state index contributed by atoms with van der Waals surface area (Å²) in [6, 6.07) is 18.3. The molecule has 0 saturated carbocycles. The molecule has 0 bridgehead atoms. The molecule has 0 atom stereocenters. The number of hydrogen-bond acceptors (Lipinski definition) is 7. The van der Waals surface area contributed by atoms with Crippen LogP contribution in [0.4, 0.5) is 5.69 Å². The van der Waals surface area contributed by atoms with E-state index in [1.54, 1.807) is 24.5 Å². The lowest BCUT2D eigenvalue weighted by Crippen LogP contribution is -2.17. The summed E-state index contributed by atoms with van der Waals surface area (Å²) in [6.45, 7) is 3.18. The standard InChI is InChI=1S/C33H35ClN4O4/c1-22-26(8-5-10-28(22)38-33(42)30-14-11-23(20-37-30)6-2-3-16-39)27-9-4-7-25(32(27)34)18-31(41)29-13-12-24(21-36-29)19-35-15-17-40/h4-5,7-14,20-21,35,39-40H,2-3,6,15-19H2,1H3,(H,38,42). The van der Waals surface area contributed by atoms with Crippen LogP contribution in [-0.4, -0.2) is 51.6 Å². The number of aromatic nitrogens is 2. The Morgan fingerprint density at radius 3 is 2.26 bits per heavy atom. The van der Waals surface area contributed by atoms with Crippen LogP contribution < -0.4 is 10.6 Å². The molecule has 0 aliphatic carbocycles. The molecule has 0 unspecified atom stereocenters. The zero-order valence-electron chi connectivity index (χ0n) is 23.6. The van der Waals surface area contributed by atoms with Crippen molar-refractivity contribution in [2.45, 2.75) is 39.2 Å². The Hall–Kier alpha value is -3.95. The van der Waals surface area contributed by atoms with E-state index < -0.39 is 0 Å². The molecule has 0 saturated heterocycles. The van der Waals surface area contributed by atoms with Crippen LogP contribution in [0.3, 0.4) is 0 Å². The Balaban J connectivity index is 1.47. The normalized spacial score (nSPS) is 11.0. The summed E-state index contributed by atoms with van der Waals surface area (Å²) < 4.78 is 0. The van der Waals surface area contributed by atoms with Crippen molar-refractivity contribution in [1.29, 1.82) is 0 Å². The van der Waals surface area contributed by atoms with Gasteiger partial charge in [0, 0.05) is 49.8 Å². The van der Waals surface area contributed by atoms with Crippen molar-refractivity contribution in [3.8, 4) is 11.1 Å². The fraction of sp³-hybridized carbons (Fsp3) is 0.273. The molecule has 1 amide bonds. The molecule has 4 N–H and O–H groups in total. The number of carbonyl (C=O) groups excluding carboxylic acids is 2. The number of rotatable bonds is 14. The molecule has 0 fully saturated rings. The molecule has 2 aromatic heterocycles. The second kappa shape index (κ2) is 15.3. The van der Waals surface area contributed by atoms with Gasteiger partial charge in [-0.2, -0.15) is 0 Å². The van der Waals surface area contributed by atoms with Gasteiger partial charge in [0.1, 0.15) is 11.4 Å². The Labute approximate surface area is 250 Å². The molecule has 4 rings (SSSR count). The summed E-state index contributed by atoms with van der Waals surface area (Å²) in [5.41, 5.74) is 6.38. The predicted octanol–water partition coefficient (Wildman–Crippen LogP) is 5.18. The van der Waals surface area contributed by atoms with Crippen molar-refractivity contribution in [1.82, 2.24) is 15.3 Å². The van der Waals surface area contributed by atoms with E-state index in [-0.39, 0.29) is 31.3 Å². The lowest BCUT2D eigenvalue weighted by molar-refractivity contribution is 0.0986. The average molecular weight is 587 g/mol. The van der Waals surface area contributed by atoms with Gasteiger partial charge in [-0.05, 0) is 72.2 Å². The fourth-order valence-corrected chi connectivity index (χ4v) is 4.89. The first-order valence-electron chi connectivity index (χ1n) is 14.0. The molecule has 0 aliphatic heterocycles. The minimum atomic E-state index is -0.315. The van der Waals surface area contributed by atoms with Gasteiger partial charge < -0.3 is 20.8 Å². The molecule has 2 aromatic carbocycles. The van der Waals surface area contributed by atoms with E-state index >= 15 is 0 Å². The van der Waals surface area contributed by atoms with Crippen LogP contribution in [0, 0.1) is 6.92 Å². The van der Waals surface area contributed by atoms with Crippen LogP contribution >= 0.6 is 11.6 Å². The van der Waals surface area contributed by atoms with Crippen LogP contribution in [0.1, 0.15) is 56.1 Å². The van der Waals surface area contributed by atoms with Gasteiger partial charge in [0.2, 0.25) is 0 Å². The summed E-state index contributed by atoms with van der Waals surface area (Å²) >= 11 is 6.84. The smallest absolute Gasteiger partial charge is 0.274 e. The van der Waals surface area contributed by atoms with E-state index in [2.05, 4.69) is 20.6 Å². The molecule has 8 nitrogen and oxygen atoms in total. The quantitative estimate of drug-likeness (QED) is 0.118. The predicted molar refractivity (Wildman–Crippen MR) is 165 cm³/mol. The number of aryl methyl sites for hydroxylation is 1. The van der Waals surface area contributed by atoms with E-state index in [9.17, 15) is 9.59 Å². The maximum Gasteiger partial charge on any atom is 0.274 e. The number of nitrogens with one attached hydrogen (secondary N) is 2. The molecule has 218 valence electrons. The third-order valence-corrected chi connectivity index (χ3v) is 7.41. The molecule has 0 radical (unpaired) electrons. The fourth-order valence-electron chi connectivity index (χ4n) is 4.59. The highest BCUT2D eigenvalue weighted by Crippen LogP contribution is 2.35. The molecular formula is C33H35ClN4O4. The van der Waals surface area contributed by atoms with E-state index in [0.717, 1.165) is 47.1 Å². The van der Waals surface area contributed by atoms with E-state index in [4.69, 9.17) is 21.8 Å². The minimum Gasteiger partial charge on any atom is -0.396 e. The highest BCUT2D eigenvalue weighted by atomic mass is 35.5. The van der Waals surface area contributed by atoms with Gasteiger partial charge in [-0.25, -0.2) is 0 Å². The lowest BCUT2D eigenvalue weighted by Gasteiger charge is -2.15. The maximum atomic E-state index is 13.0. The van der Waals surface area contributed by atoms with Crippen molar-refractivity contribution >= 4 is 29.0 Å². The Morgan fingerprint density at radius 2 is 1.55 bits per heavy atom. The Kier molecular flexibility index (Phi) is 11.3. The van der Waals surface area contributed by atoms with Gasteiger partial charge in [0.15, 0.2) is 5.78 Å². The number of carbonyl (C=O) groups is 2. The highest BCUT2D eigenvalue weighted by Gasteiger charge is 2.17. The van der Waals surface area contributed by atoms with Crippen molar-refractivity contribution in [2.75, 3.05) is 25.1 Å². The minimum absolute atomic E-state index is 0.0575. The summed E-state index contributed by atoms with van der Waals surface area (Å²) in [5, 5.41) is 24.4. The number of benzene rings is 2. The van der Waals surface area contributed by atoms with Crippen LogP contribution in [-0.2, 0) is 19.4 Å². The number of unbranched alkanes of at least 4 members (excludes halogenated alkanes) is 1. The van der Waals surface area contributed by atoms with Crippen LogP contribution in [0.2, 0.25) is 5.02 Å². The molecule has 0 spiro atoms. The highest BCUT2D eigenvalue weighted by molar-refractivity contribution is 6.34. The van der Waals surface area contributed by atoms with E-state index in [0.29, 0.717) is 40.8 Å². The largest absolute Gasteiger partial charge is 0.396 e. The number of ketones is 1.